The van der Waals surface area contributed by atoms with Crippen molar-refractivity contribution >= 4 is 0 Å². The first-order valence-corrected chi connectivity index (χ1v) is 4.58. The van der Waals surface area contributed by atoms with Crippen LogP contribution in [-0.2, 0) is 20.1 Å². The SMILES string of the molecule is C1CCCCC1.N[NH][Pt]. The molecule has 9 heavy (non-hydrogen) atoms. The van der Waals surface area contributed by atoms with Crippen molar-refractivity contribution in [2.75, 3.05) is 0 Å². The fourth-order valence-electron chi connectivity index (χ4n) is 1.06. The van der Waals surface area contributed by atoms with Crippen molar-refractivity contribution in [2.24, 2.45) is 5.84 Å². The van der Waals surface area contributed by atoms with Crippen LogP contribution in [-0.4, -0.2) is 0 Å². The Labute approximate surface area is 68.7 Å². The monoisotopic (exact) mass is 310 g/mol. The number of rotatable bonds is 0. The van der Waals surface area contributed by atoms with Gasteiger partial charge in [0, 0.05) is 0 Å². The Hall–Kier alpha value is 0.608. The molecule has 0 spiro atoms. The normalized spacial score (nSPS) is 18.1. The summed E-state index contributed by atoms with van der Waals surface area (Å²) >= 11 is 1.80. The average Bonchev–Trinajstić information content (AvgIpc) is 1.93. The molecule has 0 unspecified atom stereocenters. The van der Waals surface area contributed by atoms with Crippen molar-refractivity contribution in [3.05, 3.63) is 0 Å². The van der Waals surface area contributed by atoms with Gasteiger partial charge in [-0.15, -0.1) is 0 Å². The molecule has 1 aliphatic carbocycles. The van der Waals surface area contributed by atoms with Crippen molar-refractivity contribution in [1.82, 2.24) is 3.98 Å². The predicted molar refractivity (Wildman–Crippen MR) is 35.0 cm³/mol. The van der Waals surface area contributed by atoms with E-state index in [1.165, 1.54) is 38.5 Å². The molecule has 0 aromatic rings. The van der Waals surface area contributed by atoms with Crippen molar-refractivity contribution < 1.29 is 20.1 Å². The Morgan fingerprint density at radius 2 is 1.00 bits per heavy atom. The number of nitrogens with two attached hydrogens (primary N) is 1. The Balaban J connectivity index is 0.000000187. The van der Waals surface area contributed by atoms with Crippen LogP contribution in [0.5, 0.6) is 0 Å². The molecule has 1 rings (SSSR count). The number of hydrogen-bond acceptors (Lipinski definition) is 2. The first-order valence-electron chi connectivity index (χ1n) is 3.45. The van der Waals surface area contributed by atoms with Gasteiger partial charge in [-0.25, -0.2) is 0 Å². The second-order valence-electron chi connectivity index (χ2n) is 2.21. The topological polar surface area (TPSA) is 38.0 Å². The van der Waals surface area contributed by atoms with E-state index in [1.807, 2.05) is 0 Å². The van der Waals surface area contributed by atoms with Gasteiger partial charge in [-0.3, -0.25) is 0 Å². The fourth-order valence-corrected chi connectivity index (χ4v) is 1.06. The summed E-state index contributed by atoms with van der Waals surface area (Å²) in [6.45, 7) is 0. The quantitative estimate of drug-likeness (QED) is 0.522. The van der Waals surface area contributed by atoms with Crippen LogP contribution in [0.4, 0.5) is 0 Å². The molecule has 0 amide bonds. The van der Waals surface area contributed by atoms with Gasteiger partial charge in [0.25, 0.3) is 0 Å². The summed E-state index contributed by atoms with van der Waals surface area (Å²) in [4.78, 5) is 0. The maximum atomic E-state index is 4.58. The van der Waals surface area contributed by atoms with E-state index >= 15 is 0 Å². The van der Waals surface area contributed by atoms with Crippen molar-refractivity contribution in [3.8, 4) is 0 Å². The van der Waals surface area contributed by atoms with Gasteiger partial charge in [-0.05, 0) is 0 Å². The minimum absolute atomic E-state index is 1.50. The van der Waals surface area contributed by atoms with Crippen LogP contribution in [0.1, 0.15) is 38.5 Å². The molecule has 3 N–H and O–H groups in total. The predicted octanol–water partition coefficient (Wildman–Crippen LogP) is 1.25. The zero-order valence-electron chi connectivity index (χ0n) is 5.64. The summed E-state index contributed by atoms with van der Waals surface area (Å²) < 4.78 is 2.22. The molecule has 0 saturated heterocycles. The molecule has 0 aliphatic heterocycles. The molecule has 1 fully saturated rings. The van der Waals surface area contributed by atoms with Crippen LogP contribution in [0.3, 0.4) is 0 Å². The van der Waals surface area contributed by atoms with Crippen molar-refractivity contribution in [3.63, 3.8) is 0 Å². The van der Waals surface area contributed by atoms with Crippen LogP contribution >= 0.6 is 0 Å². The van der Waals surface area contributed by atoms with E-state index in [4.69, 9.17) is 0 Å². The molecular weight excluding hydrogens is 295 g/mol. The molecule has 1 aliphatic rings. The summed E-state index contributed by atoms with van der Waals surface area (Å²) in [5, 5.41) is 0. The molecular formula is C6H15N2Pt. The van der Waals surface area contributed by atoms with Crippen LogP contribution < -0.4 is 9.83 Å². The summed E-state index contributed by atoms with van der Waals surface area (Å²) in [7, 11) is 0. The Kier molecular flexibility index (Phi) is 9.19. The van der Waals surface area contributed by atoms with E-state index < -0.39 is 0 Å². The van der Waals surface area contributed by atoms with Gasteiger partial charge in [-0.1, -0.05) is 38.5 Å². The van der Waals surface area contributed by atoms with E-state index in [9.17, 15) is 0 Å². The standard InChI is InChI=1S/C6H12.H3N2.Pt/c1-2-4-6-5-3-1;1-2;/h1-6H2;1H,2H2;/q;-1;+1. The molecule has 59 valence electrons. The summed E-state index contributed by atoms with van der Waals surface area (Å²) in [5.41, 5.74) is 0. The first-order chi connectivity index (χ1) is 4.41. The molecule has 0 atom stereocenters. The molecule has 1 saturated carbocycles. The minimum atomic E-state index is 1.50. The van der Waals surface area contributed by atoms with Crippen LogP contribution in [0.2, 0.25) is 0 Å². The van der Waals surface area contributed by atoms with Gasteiger partial charge >= 0.3 is 29.9 Å². The molecule has 0 bridgehead atoms. The molecule has 3 heteroatoms. The molecule has 0 radical (unpaired) electrons. The number of hydrazine groups is 1. The van der Waals surface area contributed by atoms with E-state index in [-0.39, 0.29) is 0 Å². The van der Waals surface area contributed by atoms with E-state index in [0.29, 0.717) is 0 Å². The fraction of sp³-hybridized carbons (Fsp3) is 1.00. The zero-order valence-corrected chi connectivity index (χ0v) is 7.91. The third kappa shape index (κ3) is 8.61. The second kappa shape index (κ2) is 8.61. The van der Waals surface area contributed by atoms with E-state index in [2.05, 4.69) is 9.83 Å². The zero-order chi connectivity index (χ0) is 6.95. The van der Waals surface area contributed by atoms with Crippen LogP contribution in [0, 0.1) is 0 Å². The Bertz CT molecular complexity index is 34.8. The van der Waals surface area contributed by atoms with Crippen molar-refractivity contribution in [2.45, 2.75) is 38.5 Å². The van der Waals surface area contributed by atoms with Crippen LogP contribution in [0.15, 0.2) is 0 Å². The van der Waals surface area contributed by atoms with Crippen molar-refractivity contribution in [1.29, 1.82) is 0 Å². The maximum absolute atomic E-state index is 4.58. The first kappa shape index (κ1) is 9.61. The van der Waals surface area contributed by atoms with Gasteiger partial charge in [0.1, 0.15) is 0 Å². The Morgan fingerprint density at radius 3 is 1.11 bits per heavy atom. The Morgan fingerprint density at radius 1 is 0.889 bits per heavy atom. The number of nitrogens with one attached hydrogen (secondary N) is 1. The summed E-state index contributed by atoms with van der Waals surface area (Å²) in [6.07, 6.45) is 9.00. The molecule has 0 aromatic carbocycles. The summed E-state index contributed by atoms with van der Waals surface area (Å²) in [6, 6.07) is 0. The number of hydrogen-bond donors (Lipinski definition) is 2. The van der Waals surface area contributed by atoms with Gasteiger partial charge in [0.05, 0.1) is 0 Å². The third-order valence-corrected chi connectivity index (χ3v) is 1.50. The van der Waals surface area contributed by atoms with Crippen LogP contribution in [0.25, 0.3) is 0 Å². The molecule has 2 nitrogen and oxygen atoms in total. The third-order valence-electron chi connectivity index (χ3n) is 1.50. The van der Waals surface area contributed by atoms with Gasteiger partial charge in [-0.2, -0.15) is 0 Å². The molecule has 0 heterocycles. The van der Waals surface area contributed by atoms with Gasteiger partial charge in [0.2, 0.25) is 0 Å². The van der Waals surface area contributed by atoms with E-state index in [1.54, 1.807) is 20.1 Å². The molecule has 0 aromatic heterocycles. The summed E-state index contributed by atoms with van der Waals surface area (Å²) in [5.74, 6) is 4.58. The second-order valence-corrected chi connectivity index (χ2v) is 2.87. The van der Waals surface area contributed by atoms with Gasteiger partial charge in [0.15, 0.2) is 0 Å². The van der Waals surface area contributed by atoms with Gasteiger partial charge < -0.3 is 0 Å². The van der Waals surface area contributed by atoms with E-state index in [0.717, 1.165) is 0 Å². The average molecular weight is 310 g/mol.